The molecule has 1 atom stereocenters. The fourth-order valence-corrected chi connectivity index (χ4v) is 3.71. The van der Waals surface area contributed by atoms with Crippen LogP contribution >= 0.6 is 0 Å². The van der Waals surface area contributed by atoms with Gasteiger partial charge in [0.1, 0.15) is 5.75 Å². The van der Waals surface area contributed by atoms with E-state index in [9.17, 15) is 4.79 Å². The van der Waals surface area contributed by atoms with Crippen LogP contribution in [0.3, 0.4) is 0 Å². The second-order valence-corrected chi connectivity index (χ2v) is 8.26. The van der Waals surface area contributed by atoms with Gasteiger partial charge in [-0.25, -0.2) is 0 Å². The first-order chi connectivity index (χ1) is 14.5. The topological polar surface area (TPSA) is 54.4 Å². The average molecular weight is 408 g/mol. The zero-order valence-corrected chi connectivity index (χ0v) is 17.9. The molecule has 2 aromatic carbocycles. The van der Waals surface area contributed by atoms with Gasteiger partial charge < -0.3 is 19.4 Å². The number of methoxy groups -OCH3 is 1. The zero-order chi connectivity index (χ0) is 21.1. The first-order valence-corrected chi connectivity index (χ1v) is 10.5. The highest BCUT2D eigenvalue weighted by Crippen LogP contribution is 2.32. The van der Waals surface area contributed by atoms with Crippen molar-refractivity contribution in [1.29, 1.82) is 0 Å². The standard InChI is InChI=1S/C24H29N3O3/c1-26(2)20-11-9-18(10-12-20)23-14-22(30-25-23)16-27(24(28)19-7-8-19)15-17-5-4-6-21(13-17)29-3/h4-6,9-13,19,22H,7-8,14-16H2,1-3H3. The highest BCUT2D eigenvalue weighted by atomic mass is 16.6. The minimum Gasteiger partial charge on any atom is -0.497 e. The normalized spacial score (nSPS) is 17.8. The Balaban J connectivity index is 1.41. The molecule has 0 saturated heterocycles. The Morgan fingerprint density at radius 3 is 2.60 bits per heavy atom. The van der Waals surface area contributed by atoms with Crippen LogP contribution in [-0.4, -0.2) is 50.4 Å². The van der Waals surface area contributed by atoms with Gasteiger partial charge in [-0.3, -0.25) is 4.79 Å². The largest absolute Gasteiger partial charge is 0.497 e. The molecular weight excluding hydrogens is 378 g/mol. The molecule has 158 valence electrons. The Morgan fingerprint density at radius 1 is 1.17 bits per heavy atom. The first kappa shape index (κ1) is 20.3. The van der Waals surface area contributed by atoms with Crippen molar-refractivity contribution in [3.8, 4) is 5.75 Å². The third-order valence-electron chi connectivity index (χ3n) is 5.62. The van der Waals surface area contributed by atoms with Gasteiger partial charge in [-0.2, -0.15) is 0 Å². The fraction of sp³-hybridized carbons (Fsp3) is 0.417. The van der Waals surface area contributed by atoms with Crippen LogP contribution in [0.4, 0.5) is 5.69 Å². The van der Waals surface area contributed by atoms with Crippen LogP contribution in [0.1, 0.15) is 30.4 Å². The Bertz CT molecular complexity index is 920. The van der Waals surface area contributed by atoms with Crippen molar-refractivity contribution in [1.82, 2.24) is 4.90 Å². The summed E-state index contributed by atoms with van der Waals surface area (Å²) in [6, 6.07) is 16.2. The van der Waals surface area contributed by atoms with Crippen LogP contribution in [0.15, 0.2) is 53.7 Å². The Labute approximate surface area is 178 Å². The van der Waals surface area contributed by atoms with Gasteiger partial charge in [-0.1, -0.05) is 29.4 Å². The second kappa shape index (κ2) is 8.78. The summed E-state index contributed by atoms with van der Waals surface area (Å²) in [6.45, 7) is 1.09. The molecule has 0 N–H and O–H groups in total. The maximum Gasteiger partial charge on any atom is 0.226 e. The SMILES string of the molecule is COc1cccc(CN(CC2CC(c3ccc(N(C)C)cc3)=NO2)C(=O)C2CC2)c1. The van der Waals surface area contributed by atoms with Crippen molar-refractivity contribution in [2.75, 3.05) is 32.6 Å². The predicted molar refractivity (Wildman–Crippen MR) is 118 cm³/mol. The predicted octanol–water partition coefficient (Wildman–Crippen LogP) is 3.69. The summed E-state index contributed by atoms with van der Waals surface area (Å²) in [5.74, 6) is 1.18. The molecule has 2 aromatic rings. The summed E-state index contributed by atoms with van der Waals surface area (Å²) in [6.07, 6.45) is 2.55. The third-order valence-corrected chi connectivity index (χ3v) is 5.62. The molecule has 30 heavy (non-hydrogen) atoms. The van der Waals surface area contributed by atoms with Crippen molar-refractivity contribution >= 4 is 17.3 Å². The Morgan fingerprint density at radius 2 is 1.93 bits per heavy atom. The van der Waals surface area contributed by atoms with Crippen LogP contribution in [0, 0.1) is 5.92 Å². The number of benzene rings is 2. The fourth-order valence-electron chi connectivity index (χ4n) is 3.71. The van der Waals surface area contributed by atoms with E-state index in [1.54, 1.807) is 7.11 Å². The van der Waals surface area contributed by atoms with Crippen molar-refractivity contribution in [2.45, 2.75) is 31.9 Å². The van der Waals surface area contributed by atoms with Crippen molar-refractivity contribution in [3.63, 3.8) is 0 Å². The van der Waals surface area contributed by atoms with E-state index in [2.05, 4.69) is 34.3 Å². The molecule has 1 unspecified atom stereocenters. The number of carbonyl (C=O) groups excluding carboxylic acids is 1. The molecule has 1 saturated carbocycles. The molecule has 2 aliphatic rings. The molecule has 0 radical (unpaired) electrons. The Kier molecular flexibility index (Phi) is 5.93. The lowest BCUT2D eigenvalue weighted by atomic mass is 10.0. The van der Waals surface area contributed by atoms with Crippen LogP contribution in [0.2, 0.25) is 0 Å². The quantitative estimate of drug-likeness (QED) is 0.670. The number of ether oxygens (including phenoxy) is 1. The summed E-state index contributed by atoms with van der Waals surface area (Å²) in [5, 5.41) is 4.31. The number of rotatable bonds is 8. The van der Waals surface area contributed by atoms with E-state index in [0.29, 0.717) is 19.5 Å². The summed E-state index contributed by atoms with van der Waals surface area (Å²) in [4.78, 5) is 22.6. The monoisotopic (exact) mass is 407 g/mol. The van der Waals surface area contributed by atoms with E-state index in [1.807, 2.05) is 43.3 Å². The number of nitrogens with zero attached hydrogens (tertiary/aromatic N) is 3. The van der Waals surface area contributed by atoms with E-state index in [4.69, 9.17) is 9.57 Å². The molecule has 6 heteroatoms. The molecule has 6 nitrogen and oxygen atoms in total. The van der Waals surface area contributed by atoms with Crippen molar-refractivity contribution in [2.24, 2.45) is 11.1 Å². The number of amides is 1. The van der Waals surface area contributed by atoms with Crippen LogP contribution in [0.5, 0.6) is 5.75 Å². The van der Waals surface area contributed by atoms with Gasteiger partial charge in [0.25, 0.3) is 0 Å². The zero-order valence-electron chi connectivity index (χ0n) is 17.9. The molecule has 1 aliphatic heterocycles. The van der Waals surface area contributed by atoms with Crippen LogP contribution < -0.4 is 9.64 Å². The lowest BCUT2D eigenvalue weighted by Crippen LogP contribution is -2.38. The van der Waals surface area contributed by atoms with E-state index >= 15 is 0 Å². The maximum absolute atomic E-state index is 12.9. The maximum atomic E-state index is 12.9. The lowest BCUT2D eigenvalue weighted by molar-refractivity contribution is -0.135. The summed E-state index contributed by atoms with van der Waals surface area (Å²) >= 11 is 0. The number of hydrogen-bond acceptors (Lipinski definition) is 5. The first-order valence-electron chi connectivity index (χ1n) is 10.5. The number of carbonyl (C=O) groups is 1. The summed E-state index contributed by atoms with van der Waals surface area (Å²) in [5.41, 5.74) is 4.21. The number of anilines is 1. The Hall–Kier alpha value is -3.02. The van der Waals surface area contributed by atoms with Crippen LogP contribution in [-0.2, 0) is 16.2 Å². The van der Waals surface area contributed by atoms with Gasteiger partial charge in [0.2, 0.25) is 5.91 Å². The molecule has 1 amide bonds. The second-order valence-electron chi connectivity index (χ2n) is 8.26. The molecule has 4 rings (SSSR count). The minimum absolute atomic E-state index is 0.123. The molecule has 0 bridgehead atoms. The third kappa shape index (κ3) is 4.75. The highest BCUT2D eigenvalue weighted by molar-refractivity contribution is 6.01. The number of oxime groups is 1. The molecule has 1 aliphatic carbocycles. The van der Waals surface area contributed by atoms with Gasteiger partial charge >= 0.3 is 0 Å². The van der Waals surface area contributed by atoms with Gasteiger partial charge in [-0.05, 0) is 48.2 Å². The number of hydrogen-bond donors (Lipinski definition) is 0. The highest BCUT2D eigenvalue weighted by Gasteiger charge is 2.35. The average Bonchev–Trinajstić information content (AvgIpc) is 3.51. The van der Waals surface area contributed by atoms with Crippen molar-refractivity contribution in [3.05, 3.63) is 59.7 Å². The van der Waals surface area contributed by atoms with E-state index in [1.165, 1.54) is 0 Å². The molecule has 0 aromatic heterocycles. The molecule has 0 spiro atoms. The lowest BCUT2D eigenvalue weighted by Gasteiger charge is -2.25. The van der Waals surface area contributed by atoms with E-state index < -0.39 is 0 Å². The van der Waals surface area contributed by atoms with Gasteiger partial charge in [0.05, 0.1) is 19.4 Å². The summed E-state index contributed by atoms with van der Waals surface area (Å²) in [7, 11) is 5.70. The molecule has 1 fully saturated rings. The molecule has 1 heterocycles. The minimum atomic E-state index is -0.123. The van der Waals surface area contributed by atoms with Gasteiger partial charge in [0, 0.05) is 38.7 Å². The van der Waals surface area contributed by atoms with E-state index in [-0.39, 0.29) is 17.9 Å². The molecular formula is C24H29N3O3. The van der Waals surface area contributed by atoms with E-state index in [0.717, 1.165) is 41.1 Å². The van der Waals surface area contributed by atoms with Crippen LogP contribution in [0.25, 0.3) is 0 Å². The van der Waals surface area contributed by atoms with Gasteiger partial charge in [0.15, 0.2) is 6.10 Å². The smallest absolute Gasteiger partial charge is 0.226 e. The van der Waals surface area contributed by atoms with Gasteiger partial charge in [-0.15, -0.1) is 0 Å². The van der Waals surface area contributed by atoms with Crippen molar-refractivity contribution < 1.29 is 14.4 Å². The summed E-state index contributed by atoms with van der Waals surface area (Å²) < 4.78 is 5.33.